The first-order valence-corrected chi connectivity index (χ1v) is 2.34. The summed E-state index contributed by atoms with van der Waals surface area (Å²) in [7, 11) is 0. The van der Waals surface area contributed by atoms with Crippen LogP contribution in [0.5, 0.6) is 0 Å². The van der Waals surface area contributed by atoms with E-state index in [9.17, 15) is 22.0 Å². The summed E-state index contributed by atoms with van der Waals surface area (Å²) in [5.41, 5.74) is 0. The minimum absolute atomic E-state index is 1.74. The minimum Gasteiger partial charge on any atom is -0.387 e. The molecule has 0 rings (SSSR count). The van der Waals surface area contributed by atoms with Crippen LogP contribution in [0.15, 0.2) is 0 Å². The third kappa shape index (κ3) is 2.47. The number of hydrogen-bond acceptors (Lipinski definition) is 1. The van der Waals surface area contributed by atoms with Crippen LogP contribution in [-0.2, 0) is 0 Å². The van der Waals surface area contributed by atoms with Crippen molar-refractivity contribution in [2.24, 2.45) is 0 Å². The van der Waals surface area contributed by atoms with Gasteiger partial charge in [-0.25, -0.2) is 8.78 Å². The van der Waals surface area contributed by atoms with Gasteiger partial charge in [-0.3, -0.25) is 0 Å². The maximum atomic E-state index is 11.7. The summed E-state index contributed by atoms with van der Waals surface area (Å²) in [5, 5.41) is 7.99. The number of halogens is 5. The van der Waals surface area contributed by atoms with Crippen LogP contribution in [0.3, 0.4) is 0 Å². The average Bonchev–Trinajstić information content (AvgIpc) is 1.83. The van der Waals surface area contributed by atoms with E-state index in [2.05, 4.69) is 0 Å². The lowest BCUT2D eigenvalue weighted by Crippen LogP contribution is -2.37. The monoisotopic (exact) mass is 164 g/mol. The highest BCUT2D eigenvalue weighted by molar-refractivity contribution is 4.73. The number of rotatable bonds is 2. The van der Waals surface area contributed by atoms with Crippen LogP contribution in [0, 0.1) is 0 Å². The van der Waals surface area contributed by atoms with E-state index in [1.807, 2.05) is 0 Å². The Labute approximate surface area is 53.5 Å². The van der Waals surface area contributed by atoms with Crippen LogP contribution in [0.1, 0.15) is 0 Å². The fourth-order valence-corrected chi connectivity index (χ4v) is 0.296. The van der Waals surface area contributed by atoms with Gasteiger partial charge in [-0.15, -0.1) is 0 Å². The van der Waals surface area contributed by atoms with Crippen LogP contribution in [0.4, 0.5) is 22.0 Å². The van der Waals surface area contributed by atoms with Gasteiger partial charge in [0.25, 0.3) is 0 Å². The molecule has 0 bridgehead atoms. The van der Waals surface area contributed by atoms with E-state index < -0.39 is 25.1 Å². The zero-order valence-corrected chi connectivity index (χ0v) is 4.70. The lowest BCUT2D eigenvalue weighted by atomic mass is 10.2. The first kappa shape index (κ1) is 9.61. The van der Waals surface area contributed by atoms with Crippen molar-refractivity contribution < 1.29 is 27.1 Å². The molecular weight excluding hydrogens is 159 g/mol. The molecular formula is C4H5F5O. The number of hydrogen-bond donors (Lipinski definition) is 1. The van der Waals surface area contributed by atoms with Crippen LogP contribution in [0.2, 0.25) is 0 Å². The maximum absolute atomic E-state index is 11.7. The zero-order chi connectivity index (χ0) is 8.36. The molecule has 1 nitrogen and oxygen atoms in total. The van der Waals surface area contributed by atoms with Gasteiger partial charge in [0.2, 0.25) is 6.17 Å². The molecule has 0 amide bonds. The molecule has 0 spiro atoms. The lowest BCUT2D eigenvalue weighted by molar-refractivity contribution is -0.206. The van der Waals surface area contributed by atoms with Gasteiger partial charge in [-0.05, 0) is 0 Å². The quantitative estimate of drug-likeness (QED) is 0.608. The lowest BCUT2D eigenvalue weighted by Gasteiger charge is -2.14. The van der Waals surface area contributed by atoms with E-state index >= 15 is 0 Å². The van der Waals surface area contributed by atoms with Crippen LogP contribution in [0.25, 0.3) is 0 Å². The van der Waals surface area contributed by atoms with Crippen molar-refractivity contribution in [1.82, 2.24) is 0 Å². The van der Waals surface area contributed by atoms with Gasteiger partial charge in [0, 0.05) is 0 Å². The molecule has 62 valence electrons. The predicted octanol–water partition coefficient (Wildman–Crippen LogP) is 1.22. The molecule has 0 radical (unpaired) electrons. The van der Waals surface area contributed by atoms with Gasteiger partial charge in [0.05, 0.1) is 0 Å². The van der Waals surface area contributed by atoms with Crippen molar-refractivity contribution in [3.05, 3.63) is 0 Å². The van der Waals surface area contributed by atoms with E-state index in [0.29, 0.717) is 0 Å². The fraction of sp³-hybridized carbons (Fsp3) is 1.00. The van der Waals surface area contributed by atoms with Crippen molar-refractivity contribution in [2.75, 3.05) is 6.67 Å². The normalized spacial score (nSPS) is 18.6. The molecule has 0 aromatic carbocycles. The average molecular weight is 164 g/mol. The fourth-order valence-electron chi connectivity index (χ4n) is 0.296. The number of aliphatic hydroxyl groups is 1. The predicted molar refractivity (Wildman–Crippen MR) is 22.9 cm³/mol. The standard InChI is InChI=1S/C4H5F5O/c5-1-2(10)3(6)4(7,8)9/h2-3,10H,1H2. The summed E-state index contributed by atoms with van der Waals surface area (Å²) in [6.07, 6.45) is -11.3. The van der Waals surface area contributed by atoms with Crippen molar-refractivity contribution in [2.45, 2.75) is 18.5 Å². The molecule has 0 fully saturated rings. The molecule has 2 unspecified atom stereocenters. The Morgan fingerprint density at radius 1 is 1.30 bits per heavy atom. The Hall–Kier alpha value is -0.390. The Morgan fingerprint density at radius 3 is 1.80 bits per heavy atom. The number of alkyl halides is 5. The molecule has 0 saturated carbocycles. The second-order valence-electron chi connectivity index (χ2n) is 1.67. The molecule has 0 heterocycles. The van der Waals surface area contributed by atoms with Gasteiger partial charge >= 0.3 is 6.18 Å². The largest absolute Gasteiger partial charge is 0.422 e. The molecule has 0 saturated heterocycles. The summed E-state index contributed by atoms with van der Waals surface area (Å²) in [6, 6.07) is 0. The Kier molecular flexibility index (Phi) is 3.01. The van der Waals surface area contributed by atoms with E-state index in [0.717, 1.165) is 0 Å². The Bertz CT molecular complexity index is 100. The van der Waals surface area contributed by atoms with Gasteiger partial charge in [0.1, 0.15) is 12.8 Å². The van der Waals surface area contributed by atoms with Crippen LogP contribution >= 0.6 is 0 Å². The van der Waals surface area contributed by atoms with Crippen molar-refractivity contribution in [1.29, 1.82) is 0 Å². The summed E-state index contributed by atoms with van der Waals surface area (Å²) in [5.74, 6) is 0. The van der Waals surface area contributed by atoms with Crippen molar-refractivity contribution >= 4 is 0 Å². The highest BCUT2D eigenvalue weighted by Crippen LogP contribution is 2.25. The number of aliphatic hydroxyl groups excluding tert-OH is 1. The van der Waals surface area contributed by atoms with E-state index in [4.69, 9.17) is 5.11 Å². The van der Waals surface area contributed by atoms with Crippen LogP contribution in [-0.4, -0.2) is 30.2 Å². The highest BCUT2D eigenvalue weighted by Gasteiger charge is 2.44. The second-order valence-corrected chi connectivity index (χ2v) is 1.67. The molecule has 0 aliphatic carbocycles. The van der Waals surface area contributed by atoms with Crippen molar-refractivity contribution in [3.8, 4) is 0 Å². The third-order valence-electron chi connectivity index (χ3n) is 0.809. The molecule has 0 aliphatic heterocycles. The third-order valence-corrected chi connectivity index (χ3v) is 0.809. The first-order valence-electron chi connectivity index (χ1n) is 2.34. The zero-order valence-electron chi connectivity index (χ0n) is 4.70. The Balaban J connectivity index is 3.94. The van der Waals surface area contributed by atoms with Gasteiger partial charge in [-0.1, -0.05) is 0 Å². The second kappa shape index (κ2) is 3.14. The molecule has 0 aromatic heterocycles. The van der Waals surface area contributed by atoms with Gasteiger partial charge < -0.3 is 5.11 Å². The Morgan fingerprint density at radius 2 is 1.70 bits per heavy atom. The van der Waals surface area contributed by atoms with Gasteiger partial charge in [-0.2, -0.15) is 13.2 Å². The summed E-state index contributed by atoms with van der Waals surface area (Å²) in [6.45, 7) is -1.74. The molecule has 0 aliphatic rings. The van der Waals surface area contributed by atoms with Crippen LogP contribution < -0.4 is 0 Å². The highest BCUT2D eigenvalue weighted by atomic mass is 19.4. The minimum atomic E-state index is -5.18. The summed E-state index contributed by atoms with van der Waals surface area (Å²) >= 11 is 0. The molecule has 2 atom stereocenters. The molecule has 10 heavy (non-hydrogen) atoms. The molecule has 1 N–H and O–H groups in total. The maximum Gasteiger partial charge on any atom is 0.422 e. The van der Waals surface area contributed by atoms with E-state index in [1.165, 1.54) is 0 Å². The summed E-state index contributed by atoms with van der Waals surface area (Å²) < 4.78 is 56.4. The SMILES string of the molecule is OC(CF)C(F)C(F)(F)F. The molecule has 0 aromatic rings. The smallest absolute Gasteiger partial charge is 0.387 e. The van der Waals surface area contributed by atoms with Gasteiger partial charge in [0.15, 0.2) is 0 Å². The topological polar surface area (TPSA) is 20.2 Å². The molecule has 6 heteroatoms. The first-order chi connectivity index (χ1) is 4.39. The van der Waals surface area contributed by atoms with Crippen molar-refractivity contribution in [3.63, 3.8) is 0 Å². The van der Waals surface area contributed by atoms with E-state index in [-0.39, 0.29) is 0 Å². The summed E-state index contributed by atoms with van der Waals surface area (Å²) in [4.78, 5) is 0. The van der Waals surface area contributed by atoms with E-state index in [1.54, 1.807) is 0 Å².